The van der Waals surface area contributed by atoms with Crippen LogP contribution in [-0.4, -0.2) is 193 Å². The van der Waals surface area contributed by atoms with Crippen LogP contribution in [0.15, 0.2) is 24.3 Å². The highest BCUT2D eigenvalue weighted by atomic mass is 16.8. The topological polar surface area (TPSA) is 307 Å². The van der Waals surface area contributed by atoms with Crippen LogP contribution in [0.1, 0.15) is 361 Å². The van der Waals surface area contributed by atoms with Gasteiger partial charge in [0, 0.05) is 6.42 Å². The molecule has 19 heteroatoms. The number of aliphatic hydroxyl groups excluding tert-OH is 11. The molecule has 17 atom stereocenters. The molecule has 0 aromatic carbocycles. The summed E-state index contributed by atoms with van der Waals surface area (Å²) in [4.78, 5) is 13.5. The van der Waals surface area contributed by atoms with Crippen molar-refractivity contribution in [1.82, 2.24) is 5.32 Å². The first kappa shape index (κ1) is 93.5. The number of rotatable bonds is 68. The summed E-state index contributed by atoms with van der Waals surface area (Å²) in [6.07, 6.45) is 49.9. The van der Waals surface area contributed by atoms with E-state index in [1.807, 2.05) is 0 Å². The summed E-state index contributed by atoms with van der Waals surface area (Å²) in [6, 6.07) is -0.889. The van der Waals surface area contributed by atoms with E-state index >= 15 is 0 Å². The van der Waals surface area contributed by atoms with E-state index in [-0.39, 0.29) is 18.9 Å². The van der Waals surface area contributed by atoms with Gasteiger partial charge in [-0.2, -0.15) is 0 Å². The lowest BCUT2D eigenvalue weighted by Crippen LogP contribution is -2.66. The highest BCUT2D eigenvalue weighted by Gasteiger charge is 2.54. The summed E-state index contributed by atoms with van der Waals surface area (Å²) in [5.74, 6) is -0.239. The number of hydrogen-bond acceptors (Lipinski definition) is 18. The Morgan fingerprint density at radius 1 is 0.356 bits per heavy atom. The Labute approximate surface area is 613 Å². The van der Waals surface area contributed by atoms with Gasteiger partial charge in [0.15, 0.2) is 18.9 Å². The van der Waals surface area contributed by atoms with E-state index in [1.54, 1.807) is 0 Å². The third-order valence-electron chi connectivity index (χ3n) is 21.3. The van der Waals surface area contributed by atoms with Crippen molar-refractivity contribution in [1.29, 1.82) is 0 Å². The van der Waals surface area contributed by atoms with Crippen LogP contribution in [0.5, 0.6) is 0 Å². The summed E-state index contributed by atoms with van der Waals surface area (Å²) in [5.41, 5.74) is 0. The smallest absolute Gasteiger partial charge is 0.220 e. The number of nitrogens with one attached hydrogen (secondary N) is 1. The molecule has 0 bridgehead atoms. The van der Waals surface area contributed by atoms with Gasteiger partial charge in [-0.1, -0.05) is 334 Å². The zero-order valence-corrected chi connectivity index (χ0v) is 63.9. The highest BCUT2D eigenvalue weighted by molar-refractivity contribution is 5.76. The Hall–Kier alpha value is -1.73. The molecule has 3 aliphatic rings. The second-order valence-corrected chi connectivity index (χ2v) is 30.3. The molecule has 0 spiro atoms. The number of ether oxygens (including phenoxy) is 6. The van der Waals surface area contributed by atoms with Crippen molar-refractivity contribution in [3.63, 3.8) is 0 Å². The van der Waals surface area contributed by atoms with Gasteiger partial charge in [-0.05, 0) is 44.9 Å². The summed E-state index contributed by atoms with van der Waals surface area (Å²) < 4.78 is 34.6. The molecule has 3 rings (SSSR count). The molecule has 0 radical (unpaired) electrons. The first-order chi connectivity index (χ1) is 49.3. The fraction of sp³-hybridized carbons (Fsp3) is 0.939. The maximum atomic E-state index is 13.5. The molecular weight excluding hydrogens is 1290 g/mol. The number of aliphatic hydroxyl groups is 11. The molecule has 0 aromatic rings. The zero-order valence-electron chi connectivity index (χ0n) is 63.9. The second-order valence-electron chi connectivity index (χ2n) is 30.3. The molecule has 101 heavy (non-hydrogen) atoms. The van der Waals surface area contributed by atoms with Gasteiger partial charge >= 0.3 is 0 Å². The molecule has 1 amide bonds. The Morgan fingerprint density at radius 2 is 0.653 bits per heavy atom. The Balaban J connectivity index is 1.34. The van der Waals surface area contributed by atoms with Crippen LogP contribution in [-0.2, 0) is 33.2 Å². The molecule has 12 N–H and O–H groups in total. The fourth-order valence-electron chi connectivity index (χ4n) is 14.5. The first-order valence-corrected chi connectivity index (χ1v) is 42.1. The maximum Gasteiger partial charge on any atom is 0.220 e. The number of carbonyl (C=O) groups excluding carboxylic acids is 1. The molecular formula is C82H155NO18. The highest BCUT2D eigenvalue weighted by Crippen LogP contribution is 2.33. The van der Waals surface area contributed by atoms with Gasteiger partial charge in [-0.25, -0.2) is 0 Å². The van der Waals surface area contributed by atoms with Crippen molar-refractivity contribution in [2.45, 2.75) is 465 Å². The largest absolute Gasteiger partial charge is 0.394 e. The summed E-state index contributed by atoms with van der Waals surface area (Å²) in [7, 11) is 0. The number of amides is 1. The van der Waals surface area contributed by atoms with Crippen molar-refractivity contribution >= 4 is 5.91 Å². The van der Waals surface area contributed by atoms with Gasteiger partial charge in [0.25, 0.3) is 0 Å². The third kappa shape index (κ3) is 43.2. The number of hydrogen-bond donors (Lipinski definition) is 12. The van der Waals surface area contributed by atoms with Crippen LogP contribution >= 0.6 is 0 Å². The van der Waals surface area contributed by atoms with Crippen molar-refractivity contribution in [2.24, 2.45) is 0 Å². The van der Waals surface area contributed by atoms with Gasteiger partial charge in [-0.15, -0.1) is 0 Å². The van der Waals surface area contributed by atoms with E-state index in [9.17, 15) is 61.0 Å². The SMILES string of the molecule is CCCCCCC/C=C\C/C=C\CCCCCCCCCCCCCC(=O)NC(COC1OC(CO)C(OC2OC(CO)C(OC3OC(CO)C(O)C(O)C3O)C(O)C2O)C(O)C1O)C(O)CCCCCCCCCCCCCCCCCCCCCCCCCCCCCCCCCCC. The molecule has 0 saturated carbocycles. The molecule has 0 aliphatic carbocycles. The van der Waals surface area contributed by atoms with Crippen molar-refractivity contribution in [2.75, 3.05) is 26.4 Å². The van der Waals surface area contributed by atoms with E-state index in [2.05, 4.69) is 43.5 Å². The Kier molecular flexibility index (Phi) is 58.5. The van der Waals surface area contributed by atoms with Crippen LogP contribution in [0.2, 0.25) is 0 Å². The van der Waals surface area contributed by atoms with Gasteiger partial charge < -0.3 is 89.9 Å². The molecule has 3 saturated heterocycles. The minimum atomic E-state index is -1.97. The van der Waals surface area contributed by atoms with Gasteiger partial charge in [0.2, 0.25) is 5.91 Å². The first-order valence-electron chi connectivity index (χ1n) is 42.1. The molecule has 19 nitrogen and oxygen atoms in total. The average Bonchev–Trinajstić information content (AvgIpc) is 0.782. The van der Waals surface area contributed by atoms with E-state index in [4.69, 9.17) is 28.4 Å². The lowest BCUT2D eigenvalue weighted by molar-refractivity contribution is -0.379. The summed E-state index contributed by atoms with van der Waals surface area (Å²) in [5, 5.41) is 121. The van der Waals surface area contributed by atoms with Gasteiger partial charge in [0.05, 0.1) is 38.6 Å². The number of carbonyl (C=O) groups is 1. The van der Waals surface area contributed by atoms with E-state index in [0.717, 1.165) is 57.8 Å². The number of allylic oxidation sites excluding steroid dienone is 4. The fourth-order valence-corrected chi connectivity index (χ4v) is 14.5. The van der Waals surface area contributed by atoms with E-state index in [1.165, 1.54) is 270 Å². The predicted octanol–water partition coefficient (Wildman–Crippen LogP) is 14.5. The molecule has 3 fully saturated rings. The average molecular weight is 1440 g/mol. The van der Waals surface area contributed by atoms with Crippen molar-refractivity contribution in [3.05, 3.63) is 24.3 Å². The standard InChI is InChI=1S/C82H155NO18/c1-3-5-7-9-11-13-15-17-19-21-23-25-27-28-29-30-31-32-33-34-35-36-38-39-41-43-45-47-49-51-53-55-57-59-66(87)65(83-70(88)60-58-56-54-52-50-48-46-44-42-40-37-26-24-22-20-18-16-14-12-10-8-6-4-2)64-96-80-76(94)73(91)78(68(62-85)98-80)101-82-77(95)74(92)79(69(63-86)99-82)100-81-75(93)72(90)71(89)67(61-84)97-81/h16,18,22,24,65-69,71-82,84-87,89-95H,3-15,17,19-21,23,25-64H2,1-2H3,(H,83,88)/b18-16-,24-22-. The Morgan fingerprint density at radius 3 is 1.01 bits per heavy atom. The van der Waals surface area contributed by atoms with Crippen molar-refractivity contribution in [3.8, 4) is 0 Å². The molecule has 17 unspecified atom stereocenters. The monoisotopic (exact) mass is 1440 g/mol. The van der Waals surface area contributed by atoms with Crippen LogP contribution in [0, 0.1) is 0 Å². The van der Waals surface area contributed by atoms with Crippen molar-refractivity contribution < 1.29 is 89.4 Å². The Bertz CT molecular complexity index is 1920. The molecule has 3 aliphatic heterocycles. The predicted molar refractivity (Wildman–Crippen MR) is 402 cm³/mol. The van der Waals surface area contributed by atoms with Crippen LogP contribution < -0.4 is 5.32 Å². The van der Waals surface area contributed by atoms with E-state index in [0.29, 0.717) is 12.8 Å². The van der Waals surface area contributed by atoms with E-state index < -0.39 is 124 Å². The van der Waals surface area contributed by atoms with Crippen LogP contribution in [0.4, 0.5) is 0 Å². The minimum Gasteiger partial charge on any atom is -0.394 e. The minimum absolute atomic E-state index is 0.239. The van der Waals surface area contributed by atoms with Crippen LogP contribution in [0.3, 0.4) is 0 Å². The second kappa shape index (κ2) is 63.2. The van der Waals surface area contributed by atoms with Crippen LogP contribution in [0.25, 0.3) is 0 Å². The lowest BCUT2D eigenvalue weighted by atomic mass is 9.96. The molecule has 3 heterocycles. The summed E-state index contributed by atoms with van der Waals surface area (Å²) >= 11 is 0. The third-order valence-corrected chi connectivity index (χ3v) is 21.3. The molecule has 0 aromatic heterocycles. The quantitative estimate of drug-likeness (QED) is 0.0199. The van der Waals surface area contributed by atoms with Gasteiger partial charge in [0.1, 0.15) is 73.2 Å². The van der Waals surface area contributed by atoms with Gasteiger partial charge in [-0.3, -0.25) is 4.79 Å². The lowest BCUT2D eigenvalue weighted by Gasteiger charge is -2.48. The summed E-state index contributed by atoms with van der Waals surface area (Å²) in [6.45, 7) is 1.85. The number of unbranched alkanes of at least 4 members (excludes halogenated alkanes) is 48. The normalized spacial score (nSPS) is 26.4. The zero-order chi connectivity index (χ0) is 73.2. The molecule has 596 valence electrons. The maximum absolute atomic E-state index is 13.5.